The lowest BCUT2D eigenvalue weighted by atomic mass is 10.3. The summed E-state index contributed by atoms with van der Waals surface area (Å²) in [4.78, 5) is 13.3. The Bertz CT molecular complexity index is 1250. The van der Waals surface area contributed by atoms with E-state index in [2.05, 4.69) is 41.5 Å². The van der Waals surface area contributed by atoms with Crippen molar-refractivity contribution >= 4 is 62.6 Å². The van der Waals surface area contributed by atoms with E-state index >= 15 is 0 Å². The lowest BCUT2D eigenvalue weighted by molar-refractivity contribution is 0.588. The predicted molar refractivity (Wildman–Crippen MR) is 123 cm³/mol. The number of hydrogen-bond donors (Lipinski definition) is 2. The van der Waals surface area contributed by atoms with Crippen molar-refractivity contribution in [3.05, 3.63) is 59.5 Å². The van der Waals surface area contributed by atoms with Gasteiger partial charge in [-0.1, -0.05) is 12.1 Å². The quantitative estimate of drug-likeness (QED) is 0.405. The molecule has 0 fully saturated rings. The molecule has 0 bridgehead atoms. The summed E-state index contributed by atoms with van der Waals surface area (Å²) in [5.41, 5.74) is 3.55. The van der Waals surface area contributed by atoms with E-state index in [4.69, 9.17) is 0 Å². The molecule has 0 amide bonds. The number of anilines is 4. The van der Waals surface area contributed by atoms with Crippen LogP contribution in [-0.4, -0.2) is 32.8 Å². The van der Waals surface area contributed by atoms with E-state index in [1.165, 1.54) is 0 Å². The number of rotatable bonds is 5. The van der Waals surface area contributed by atoms with E-state index in [1.807, 2.05) is 54.1 Å². The van der Waals surface area contributed by atoms with Crippen molar-refractivity contribution < 1.29 is 4.57 Å². The molecule has 2 heterocycles. The maximum absolute atomic E-state index is 12.6. The van der Waals surface area contributed by atoms with Gasteiger partial charge in [-0.25, -0.2) is 9.97 Å². The van der Waals surface area contributed by atoms with Crippen LogP contribution < -0.4 is 15.9 Å². The average molecular weight is 471 g/mol. The average Bonchev–Trinajstić information content (AvgIpc) is 3.04. The largest absolute Gasteiger partial charge is 0.339 e. The SMILES string of the molecule is Cn1cnc2cc(Nc3ncc(Br)c(Nc4ccccc4P(C)(C)=O)n3)ccc21. The van der Waals surface area contributed by atoms with Crippen LogP contribution in [0.25, 0.3) is 11.0 Å². The first-order valence-corrected chi connectivity index (χ1v) is 12.3. The molecule has 0 saturated carbocycles. The minimum absolute atomic E-state index is 0.444. The lowest BCUT2D eigenvalue weighted by Crippen LogP contribution is -2.11. The van der Waals surface area contributed by atoms with Crippen LogP contribution in [0, 0.1) is 0 Å². The smallest absolute Gasteiger partial charge is 0.229 e. The fourth-order valence-corrected chi connectivity index (χ4v) is 4.48. The summed E-state index contributed by atoms with van der Waals surface area (Å²) in [5, 5.41) is 7.28. The van der Waals surface area contributed by atoms with E-state index in [1.54, 1.807) is 25.9 Å². The fraction of sp³-hybridized carbons (Fsp3) is 0.150. The van der Waals surface area contributed by atoms with Crippen molar-refractivity contribution in [1.29, 1.82) is 0 Å². The number of nitrogens with zero attached hydrogens (tertiary/aromatic N) is 4. The van der Waals surface area contributed by atoms with Crippen LogP contribution in [0.4, 0.5) is 23.1 Å². The Morgan fingerprint density at radius 1 is 1.07 bits per heavy atom. The molecule has 29 heavy (non-hydrogen) atoms. The molecule has 0 unspecified atom stereocenters. The molecule has 0 aliphatic rings. The van der Waals surface area contributed by atoms with Crippen LogP contribution in [-0.2, 0) is 11.6 Å². The Kier molecular flexibility index (Phi) is 5.15. The molecule has 0 saturated heterocycles. The molecule has 4 aromatic rings. The van der Waals surface area contributed by atoms with Crippen LogP contribution in [0.2, 0.25) is 0 Å². The minimum Gasteiger partial charge on any atom is -0.339 e. The van der Waals surface area contributed by atoms with Gasteiger partial charge in [0, 0.05) is 24.2 Å². The highest BCUT2D eigenvalue weighted by atomic mass is 79.9. The first-order chi connectivity index (χ1) is 13.8. The van der Waals surface area contributed by atoms with Crippen LogP contribution >= 0.6 is 23.1 Å². The Morgan fingerprint density at radius 2 is 1.86 bits per heavy atom. The van der Waals surface area contributed by atoms with E-state index in [9.17, 15) is 4.57 Å². The van der Waals surface area contributed by atoms with Crippen molar-refractivity contribution in [1.82, 2.24) is 19.5 Å². The Hall–Kier alpha value is -2.70. The number of para-hydroxylation sites is 1. The minimum atomic E-state index is -2.44. The Morgan fingerprint density at radius 3 is 2.66 bits per heavy atom. The summed E-state index contributed by atoms with van der Waals surface area (Å²) >= 11 is 3.49. The Labute approximate surface area is 177 Å². The molecule has 0 radical (unpaired) electrons. The van der Waals surface area contributed by atoms with Gasteiger partial charge in [-0.15, -0.1) is 0 Å². The van der Waals surface area contributed by atoms with E-state index in [-0.39, 0.29) is 0 Å². The maximum Gasteiger partial charge on any atom is 0.229 e. The fourth-order valence-electron chi connectivity index (χ4n) is 3.03. The zero-order chi connectivity index (χ0) is 20.6. The predicted octanol–water partition coefficient (Wildman–Crippen LogP) is 4.86. The molecule has 4 rings (SSSR count). The summed E-state index contributed by atoms with van der Waals surface area (Å²) in [6, 6.07) is 13.5. The summed E-state index contributed by atoms with van der Waals surface area (Å²) in [6.07, 6.45) is 3.46. The van der Waals surface area contributed by atoms with Gasteiger partial charge < -0.3 is 19.8 Å². The van der Waals surface area contributed by atoms with Gasteiger partial charge in [0.25, 0.3) is 0 Å². The zero-order valence-electron chi connectivity index (χ0n) is 16.2. The highest BCUT2D eigenvalue weighted by Gasteiger charge is 2.17. The van der Waals surface area contributed by atoms with Gasteiger partial charge in [-0.2, -0.15) is 4.98 Å². The highest BCUT2D eigenvalue weighted by Crippen LogP contribution is 2.38. The first kappa shape index (κ1) is 19.6. The van der Waals surface area contributed by atoms with Crippen LogP contribution in [0.1, 0.15) is 0 Å². The molecule has 2 N–H and O–H groups in total. The van der Waals surface area contributed by atoms with Crippen molar-refractivity contribution in [2.45, 2.75) is 0 Å². The molecule has 7 nitrogen and oxygen atoms in total. The third kappa shape index (κ3) is 4.18. The molecule has 2 aromatic carbocycles. The number of benzene rings is 2. The number of imidazole rings is 1. The van der Waals surface area contributed by atoms with E-state index < -0.39 is 7.14 Å². The molecule has 9 heteroatoms. The number of aryl methyl sites for hydroxylation is 1. The third-order valence-corrected chi connectivity index (χ3v) is 6.59. The second-order valence-corrected chi connectivity index (χ2v) is 11.1. The molecule has 0 aliphatic heterocycles. The second-order valence-electron chi connectivity index (χ2n) is 7.07. The van der Waals surface area contributed by atoms with Gasteiger partial charge in [-0.3, -0.25) is 0 Å². The summed E-state index contributed by atoms with van der Waals surface area (Å²) in [5.74, 6) is 1.03. The van der Waals surface area contributed by atoms with E-state index in [0.29, 0.717) is 16.2 Å². The molecule has 2 aromatic heterocycles. The van der Waals surface area contributed by atoms with Crippen LogP contribution in [0.15, 0.2) is 59.5 Å². The van der Waals surface area contributed by atoms with Crippen molar-refractivity contribution in [2.24, 2.45) is 7.05 Å². The van der Waals surface area contributed by atoms with Crippen molar-refractivity contribution in [2.75, 3.05) is 24.0 Å². The summed E-state index contributed by atoms with van der Waals surface area (Å²) < 4.78 is 15.3. The van der Waals surface area contributed by atoms with Gasteiger partial charge >= 0.3 is 0 Å². The molecule has 0 spiro atoms. The third-order valence-electron chi connectivity index (χ3n) is 4.46. The van der Waals surface area contributed by atoms with Gasteiger partial charge in [0.05, 0.1) is 27.5 Å². The standard InChI is InChI=1S/C20H20BrN6OP/c1-27-12-23-16-10-13(8-9-17(16)27)24-20-22-11-14(21)19(26-20)25-15-6-4-5-7-18(15)29(2,3)28/h4-12H,1-3H3,(H2,22,24,25,26). The lowest BCUT2D eigenvalue weighted by Gasteiger charge is -2.16. The molecular formula is C20H20BrN6OP. The van der Waals surface area contributed by atoms with Crippen molar-refractivity contribution in [3.63, 3.8) is 0 Å². The first-order valence-electron chi connectivity index (χ1n) is 8.93. The molecule has 0 aliphatic carbocycles. The number of aromatic nitrogens is 4. The molecular weight excluding hydrogens is 451 g/mol. The normalized spacial score (nSPS) is 11.6. The number of fused-ring (bicyclic) bond motifs is 1. The maximum atomic E-state index is 12.6. The summed E-state index contributed by atoms with van der Waals surface area (Å²) in [7, 11) is -0.482. The molecule has 148 valence electrons. The number of halogens is 1. The van der Waals surface area contributed by atoms with Crippen LogP contribution in [0.3, 0.4) is 0 Å². The van der Waals surface area contributed by atoms with Crippen molar-refractivity contribution in [3.8, 4) is 0 Å². The topological polar surface area (TPSA) is 84.7 Å². The zero-order valence-corrected chi connectivity index (χ0v) is 18.7. The van der Waals surface area contributed by atoms with Gasteiger partial charge in [-0.05, 0) is 59.6 Å². The van der Waals surface area contributed by atoms with Gasteiger partial charge in [0.2, 0.25) is 5.95 Å². The van der Waals surface area contributed by atoms with Gasteiger partial charge in [0.15, 0.2) is 0 Å². The van der Waals surface area contributed by atoms with Crippen LogP contribution in [0.5, 0.6) is 0 Å². The van der Waals surface area contributed by atoms with E-state index in [0.717, 1.165) is 27.7 Å². The Balaban J connectivity index is 1.63. The number of nitrogens with one attached hydrogen (secondary N) is 2. The summed E-state index contributed by atoms with van der Waals surface area (Å²) in [6.45, 7) is 3.51. The second kappa shape index (κ2) is 7.61. The monoisotopic (exact) mass is 470 g/mol. The highest BCUT2D eigenvalue weighted by molar-refractivity contribution is 9.10. The van der Waals surface area contributed by atoms with Gasteiger partial charge in [0.1, 0.15) is 13.0 Å². The molecule has 0 atom stereocenters. The number of hydrogen-bond acceptors (Lipinski definition) is 6.